The number of aromatic nitrogens is 3. The van der Waals surface area contributed by atoms with E-state index in [1.165, 1.54) is 11.1 Å². The fourth-order valence-electron chi connectivity index (χ4n) is 2.97. The predicted octanol–water partition coefficient (Wildman–Crippen LogP) is 3.97. The largest absolute Gasteiger partial charge is 0.359 e. The van der Waals surface area contributed by atoms with Gasteiger partial charge in [0.1, 0.15) is 18.0 Å². The summed E-state index contributed by atoms with van der Waals surface area (Å²) < 4.78 is 0. The summed E-state index contributed by atoms with van der Waals surface area (Å²) in [5.74, 6) is 1.89. The highest BCUT2D eigenvalue weighted by Crippen LogP contribution is 2.21. The molecule has 0 saturated heterocycles. The molecular formula is C22H27N5. The van der Waals surface area contributed by atoms with E-state index in [4.69, 9.17) is 0 Å². The van der Waals surface area contributed by atoms with Gasteiger partial charge in [0.25, 0.3) is 0 Å². The van der Waals surface area contributed by atoms with E-state index in [1.807, 2.05) is 18.5 Å². The lowest BCUT2D eigenvalue weighted by molar-refractivity contribution is 0.670. The lowest BCUT2D eigenvalue weighted by Gasteiger charge is -2.29. The fourth-order valence-corrected chi connectivity index (χ4v) is 2.97. The van der Waals surface area contributed by atoms with Gasteiger partial charge in [0.05, 0.1) is 0 Å². The maximum atomic E-state index is 4.54. The van der Waals surface area contributed by atoms with Crippen molar-refractivity contribution < 1.29 is 0 Å². The van der Waals surface area contributed by atoms with Crippen LogP contribution in [0.25, 0.3) is 0 Å². The molecule has 0 amide bonds. The van der Waals surface area contributed by atoms with Crippen molar-refractivity contribution >= 4 is 11.6 Å². The van der Waals surface area contributed by atoms with Gasteiger partial charge in [-0.2, -0.15) is 0 Å². The van der Waals surface area contributed by atoms with Crippen LogP contribution < -0.4 is 9.80 Å². The molecule has 3 aromatic rings. The Morgan fingerprint density at radius 1 is 0.889 bits per heavy atom. The van der Waals surface area contributed by atoms with E-state index in [1.54, 1.807) is 6.33 Å². The first-order chi connectivity index (χ1) is 13.1. The first-order valence-electron chi connectivity index (χ1n) is 9.36. The molecule has 0 spiro atoms. The van der Waals surface area contributed by atoms with Gasteiger partial charge in [-0.05, 0) is 43.5 Å². The monoisotopic (exact) mass is 361 g/mol. The highest BCUT2D eigenvalue weighted by Gasteiger charge is 2.14. The third kappa shape index (κ3) is 5.26. The number of benzene rings is 1. The van der Waals surface area contributed by atoms with Gasteiger partial charge in [-0.3, -0.25) is 4.98 Å². The molecule has 0 radical (unpaired) electrons. The molecule has 0 saturated carbocycles. The van der Waals surface area contributed by atoms with Crippen LogP contribution in [0.5, 0.6) is 0 Å². The second-order valence-corrected chi connectivity index (χ2v) is 6.97. The summed E-state index contributed by atoms with van der Waals surface area (Å²) >= 11 is 0. The number of hydrogen-bond acceptors (Lipinski definition) is 5. The van der Waals surface area contributed by atoms with Crippen LogP contribution in [0.1, 0.15) is 25.0 Å². The summed E-state index contributed by atoms with van der Waals surface area (Å²) in [6, 6.07) is 17.0. The van der Waals surface area contributed by atoms with Crippen LogP contribution >= 0.6 is 0 Å². The summed E-state index contributed by atoms with van der Waals surface area (Å²) in [7, 11) is 2.07. The van der Waals surface area contributed by atoms with Gasteiger partial charge >= 0.3 is 0 Å². The smallest absolute Gasteiger partial charge is 0.134 e. The Bertz CT molecular complexity index is 820. The molecule has 0 aliphatic carbocycles. The molecule has 5 heteroatoms. The van der Waals surface area contributed by atoms with E-state index in [-0.39, 0.29) is 0 Å². The van der Waals surface area contributed by atoms with Crippen LogP contribution in [0, 0.1) is 0 Å². The molecule has 5 nitrogen and oxygen atoms in total. The molecule has 27 heavy (non-hydrogen) atoms. The Hall–Kier alpha value is -2.95. The number of hydrogen-bond donors (Lipinski definition) is 0. The van der Waals surface area contributed by atoms with Crippen molar-refractivity contribution in [3.63, 3.8) is 0 Å². The second-order valence-electron chi connectivity index (χ2n) is 6.97. The van der Waals surface area contributed by atoms with Gasteiger partial charge in [0.2, 0.25) is 0 Å². The SMILES string of the molecule is CC(C)N(Cc1ccccc1)c1cc(N(C)CCc2ccncc2)ncn1. The Kier molecular flexibility index (Phi) is 6.36. The highest BCUT2D eigenvalue weighted by atomic mass is 15.2. The molecule has 1 aromatic carbocycles. The summed E-state index contributed by atoms with van der Waals surface area (Å²) in [6.45, 7) is 6.10. The van der Waals surface area contributed by atoms with Gasteiger partial charge in [-0.25, -0.2) is 9.97 Å². The zero-order valence-corrected chi connectivity index (χ0v) is 16.3. The summed E-state index contributed by atoms with van der Waals surface area (Å²) in [5.41, 5.74) is 2.55. The molecule has 0 unspecified atom stereocenters. The molecule has 2 heterocycles. The summed E-state index contributed by atoms with van der Waals surface area (Å²) in [5, 5.41) is 0. The van der Waals surface area contributed by atoms with Gasteiger partial charge in [-0.1, -0.05) is 30.3 Å². The Morgan fingerprint density at radius 3 is 2.30 bits per heavy atom. The van der Waals surface area contributed by atoms with Crippen molar-refractivity contribution in [2.75, 3.05) is 23.4 Å². The molecule has 0 aliphatic rings. The van der Waals surface area contributed by atoms with E-state index in [0.717, 1.165) is 31.1 Å². The standard InChI is InChI=1S/C22H27N5/c1-18(2)27(16-20-7-5-4-6-8-20)22-15-21(24-17-25-22)26(3)14-11-19-9-12-23-13-10-19/h4-10,12-13,15,17-18H,11,14,16H2,1-3H3. The van der Waals surface area contributed by atoms with Crippen LogP contribution in [-0.2, 0) is 13.0 Å². The molecular weight excluding hydrogens is 334 g/mol. The molecule has 3 rings (SSSR count). The molecule has 140 valence electrons. The average Bonchev–Trinajstić information content (AvgIpc) is 2.71. The molecule has 2 aromatic heterocycles. The molecule has 0 bridgehead atoms. The minimum absolute atomic E-state index is 0.343. The lowest BCUT2D eigenvalue weighted by atomic mass is 10.2. The molecule has 0 aliphatic heterocycles. The zero-order chi connectivity index (χ0) is 19.1. The van der Waals surface area contributed by atoms with Crippen LogP contribution in [0.4, 0.5) is 11.6 Å². The second kappa shape index (κ2) is 9.12. The molecule has 0 N–H and O–H groups in total. The Morgan fingerprint density at radius 2 is 1.59 bits per heavy atom. The summed E-state index contributed by atoms with van der Waals surface area (Å²) in [4.78, 5) is 17.6. The maximum Gasteiger partial charge on any atom is 0.134 e. The zero-order valence-electron chi connectivity index (χ0n) is 16.3. The van der Waals surface area contributed by atoms with Crippen molar-refractivity contribution in [1.29, 1.82) is 0 Å². The van der Waals surface area contributed by atoms with Gasteiger partial charge in [-0.15, -0.1) is 0 Å². The van der Waals surface area contributed by atoms with E-state index in [9.17, 15) is 0 Å². The molecule has 0 atom stereocenters. The van der Waals surface area contributed by atoms with E-state index in [0.29, 0.717) is 6.04 Å². The maximum absolute atomic E-state index is 4.54. The van der Waals surface area contributed by atoms with Crippen LogP contribution in [-0.4, -0.2) is 34.6 Å². The fraction of sp³-hybridized carbons (Fsp3) is 0.318. The molecule has 0 fully saturated rings. The van der Waals surface area contributed by atoms with E-state index in [2.05, 4.69) is 88.1 Å². The number of rotatable bonds is 8. The van der Waals surface area contributed by atoms with Gasteiger partial charge < -0.3 is 9.80 Å². The van der Waals surface area contributed by atoms with Crippen molar-refractivity contribution in [3.8, 4) is 0 Å². The first kappa shape index (κ1) is 18.8. The number of likely N-dealkylation sites (N-methyl/N-ethyl adjacent to an activating group) is 1. The third-order valence-electron chi connectivity index (χ3n) is 4.63. The Labute approximate surface area is 161 Å². The first-order valence-corrected chi connectivity index (χ1v) is 9.36. The highest BCUT2D eigenvalue weighted by molar-refractivity contribution is 5.50. The quantitative estimate of drug-likeness (QED) is 0.607. The lowest BCUT2D eigenvalue weighted by Crippen LogP contribution is -2.31. The summed E-state index contributed by atoms with van der Waals surface area (Å²) in [6.07, 6.45) is 6.29. The van der Waals surface area contributed by atoms with Crippen LogP contribution in [0.15, 0.2) is 67.3 Å². The van der Waals surface area contributed by atoms with Crippen LogP contribution in [0.2, 0.25) is 0 Å². The van der Waals surface area contributed by atoms with Crippen molar-refractivity contribution in [3.05, 3.63) is 78.4 Å². The van der Waals surface area contributed by atoms with Gasteiger partial charge in [0.15, 0.2) is 0 Å². The third-order valence-corrected chi connectivity index (χ3v) is 4.63. The average molecular weight is 361 g/mol. The van der Waals surface area contributed by atoms with Crippen LogP contribution in [0.3, 0.4) is 0 Å². The van der Waals surface area contributed by atoms with Gasteiger partial charge in [0, 0.05) is 44.6 Å². The number of nitrogens with zero attached hydrogens (tertiary/aromatic N) is 5. The van der Waals surface area contributed by atoms with Crippen molar-refractivity contribution in [2.45, 2.75) is 32.9 Å². The number of anilines is 2. The minimum Gasteiger partial charge on any atom is -0.359 e. The van der Waals surface area contributed by atoms with Crippen molar-refractivity contribution in [1.82, 2.24) is 15.0 Å². The Balaban J connectivity index is 1.72. The minimum atomic E-state index is 0.343. The number of pyridine rings is 1. The topological polar surface area (TPSA) is 45.2 Å². The normalized spacial score (nSPS) is 10.8. The van der Waals surface area contributed by atoms with E-state index < -0.39 is 0 Å². The van der Waals surface area contributed by atoms with E-state index >= 15 is 0 Å². The van der Waals surface area contributed by atoms with Crippen molar-refractivity contribution in [2.24, 2.45) is 0 Å². The predicted molar refractivity (Wildman–Crippen MR) is 111 cm³/mol.